The van der Waals surface area contributed by atoms with E-state index in [2.05, 4.69) is 28.8 Å². The van der Waals surface area contributed by atoms with Gasteiger partial charge in [0.1, 0.15) is 0 Å². The van der Waals surface area contributed by atoms with Crippen LogP contribution >= 0.6 is 0 Å². The minimum Gasteiger partial charge on any atom is -0.348 e. The van der Waals surface area contributed by atoms with Crippen molar-refractivity contribution in [3.63, 3.8) is 0 Å². The maximum absolute atomic E-state index is 12.3. The smallest absolute Gasteiger partial charge is 0.251 e. The number of rotatable bonds is 3. The van der Waals surface area contributed by atoms with Gasteiger partial charge >= 0.3 is 0 Å². The Balaban J connectivity index is 1.68. The van der Waals surface area contributed by atoms with Gasteiger partial charge in [-0.25, -0.2) is 0 Å². The monoisotopic (exact) mass is 280 g/mol. The second-order valence-corrected chi connectivity index (χ2v) is 5.71. The Morgan fingerprint density at radius 1 is 1.10 bits per heavy atom. The van der Waals surface area contributed by atoms with Crippen LogP contribution in [0.4, 0.5) is 0 Å². The third-order valence-corrected chi connectivity index (χ3v) is 3.98. The second-order valence-electron chi connectivity index (χ2n) is 5.71. The minimum absolute atomic E-state index is 0.00822. The standard InChI is InChI=1S/C18H20N2O/c1-12-3-6-17(13(2)7-12)18(21)20-9-14-4-5-15-10-19-11-16(15)8-14/h3-8,19H,9-11H2,1-2H3,(H,20,21). The van der Waals surface area contributed by atoms with Crippen LogP contribution < -0.4 is 10.6 Å². The number of carbonyl (C=O) groups excluding carboxylic acids is 1. The summed E-state index contributed by atoms with van der Waals surface area (Å²) in [5, 5.41) is 6.34. The van der Waals surface area contributed by atoms with Gasteiger partial charge in [-0.15, -0.1) is 0 Å². The van der Waals surface area contributed by atoms with E-state index in [9.17, 15) is 4.79 Å². The fourth-order valence-corrected chi connectivity index (χ4v) is 2.80. The van der Waals surface area contributed by atoms with Gasteiger partial charge in [-0.1, -0.05) is 35.9 Å². The number of hydrogen-bond donors (Lipinski definition) is 2. The summed E-state index contributed by atoms with van der Waals surface area (Å²) >= 11 is 0. The average molecular weight is 280 g/mol. The van der Waals surface area contributed by atoms with Crippen LogP contribution in [-0.2, 0) is 19.6 Å². The SMILES string of the molecule is Cc1ccc(C(=O)NCc2ccc3c(c2)CNC3)c(C)c1. The van der Waals surface area contributed by atoms with Gasteiger partial charge in [0.2, 0.25) is 0 Å². The van der Waals surface area contributed by atoms with Crippen molar-refractivity contribution in [3.8, 4) is 0 Å². The van der Waals surface area contributed by atoms with Crippen LogP contribution in [-0.4, -0.2) is 5.91 Å². The highest BCUT2D eigenvalue weighted by Gasteiger charge is 2.11. The molecule has 2 N–H and O–H groups in total. The van der Waals surface area contributed by atoms with Gasteiger partial charge < -0.3 is 10.6 Å². The number of nitrogens with one attached hydrogen (secondary N) is 2. The van der Waals surface area contributed by atoms with Crippen molar-refractivity contribution in [2.45, 2.75) is 33.5 Å². The Hall–Kier alpha value is -2.13. The minimum atomic E-state index is -0.00822. The Morgan fingerprint density at radius 3 is 2.71 bits per heavy atom. The Labute approximate surface area is 125 Å². The maximum atomic E-state index is 12.3. The molecule has 0 unspecified atom stereocenters. The predicted molar refractivity (Wildman–Crippen MR) is 84.1 cm³/mol. The van der Waals surface area contributed by atoms with Crippen LogP contribution in [0.3, 0.4) is 0 Å². The van der Waals surface area contributed by atoms with Crippen LogP contribution in [0.15, 0.2) is 36.4 Å². The molecule has 0 fully saturated rings. The highest BCUT2D eigenvalue weighted by atomic mass is 16.1. The second kappa shape index (κ2) is 5.70. The molecule has 0 radical (unpaired) electrons. The summed E-state index contributed by atoms with van der Waals surface area (Å²) < 4.78 is 0. The molecule has 3 heteroatoms. The summed E-state index contributed by atoms with van der Waals surface area (Å²) in [5.74, 6) is -0.00822. The van der Waals surface area contributed by atoms with Crippen molar-refractivity contribution >= 4 is 5.91 Å². The lowest BCUT2D eigenvalue weighted by Gasteiger charge is -2.09. The van der Waals surface area contributed by atoms with E-state index in [1.165, 1.54) is 16.7 Å². The van der Waals surface area contributed by atoms with Gasteiger partial charge in [-0.3, -0.25) is 4.79 Å². The zero-order valence-electron chi connectivity index (χ0n) is 12.5. The quantitative estimate of drug-likeness (QED) is 0.907. The van der Waals surface area contributed by atoms with Gasteiger partial charge in [0.15, 0.2) is 0 Å². The molecule has 1 amide bonds. The summed E-state index contributed by atoms with van der Waals surface area (Å²) in [6, 6.07) is 12.3. The summed E-state index contributed by atoms with van der Waals surface area (Å²) in [5.41, 5.74) is 6.80. The van der Waals surface area contributed by atoms with Crippen molar-refractivity contribution in [2.24, 2.45) is 0 Å². The Morgan fingerprint density at radius 2 is 1.90 bits per heavy atom. The molecule has 108 valence electrons. The third kappa shape index (κ3) is 2.98. The molecular formula is C18H20N2O. The Bertz CT molecular complexity index is 692. The molecule has 0 saturated carbocycles. The number of hydrogen-bond acceptors (Lipinski definition) is 2. The predicted octanol–water partition coefficient (Wildman–Crippen LogP) is 2.84. The van der Waals surface area contributed by atoms with Crippen molar-refractivity contribution in [2.75, 3.05) is 0 Å². The van der Waals surface area contributed by atoms with E-state index < -0.39 is 0 Å². The van der Waals surface area contributed by atoms with Crippen LogP contribution in [0, 0.1) is 13.8 Å². The van der Waals surface area contributed by atoms with Crippen molar-refractivity contribution in [1.29, 1.82) is 0 Å². The third-order valence-electron chi connectivity index (χ3n) is 3.98. The molecule has 3 nitrogen and oxygen atoms in total. The molecule has 0 saturated heterocycles. The molecule has 1 aliphatic rings. The largest absolute Gasteiger partial charge is 0.348 e. The van der Waals surface area contributed by atoms with E-state index in [0.29, 0.717) is 6.54 Å². The van der Waals surface area contributed by atoms with Crippen LogP contribution in [0.25, 0.3) is 0 Å². The van der Waals surface area contributed by atoms with Crippen molar-refractivity contribution < 1.29 is 4.79 Å². The van der Waals surface area contributed by atoms with Gasteiger partial charge in [-0.05, 0) is 42.2 Å². The first-order chi connectivity index (χ1) is 10.1. The molecule has 21 heavy (non-hydrogen) atoms. The molecule has 0 bridgehead atoms. The van der Waals surface area contributed by atoms with Gasteiger partial charge in [0, 0.05) is 25.2 Å². The number of benzene rings is 2. The van der Waals surface area contributed by atoms with E-state index in [0.717, 1.165) is 29.8 Å². The molecule has 0 atom stereocenters. The zero-order valence-corrected chi connectivity index (χ0v) is 12.5. The first kappa shape index (κ1) is 13.8. The maximum Gasteiger partial charge on any atom is 0.251 e. The van der Waals surface area contributed by atoms with Crippen LogP contribution in [0.5, 0.6) is 0 Å². The fraction of sp³-hybridized carbons (Fsp3) is 0.278. The molecule has 2 aromatic rings. The number of carbonyl (C=O) groups is 1. The first-order valence-corrected chi connectivity index (χ1v) is 7.30. The molecule has 0 aliphatic carbocycles. The summed E-state index contributed by atoms with van der Waals surface area (Å²) in [6.45, 7) is 6.45. The summed E-state index contributed by atoms with van der Waals surface area (Å²) in [6.07, 6.45) is 0. The summed E-state index contributed by atoms with van der Waals surface area (Å²) in [7, 11) is 0. The number of amides is 1. The molecule has 0 aromatic heterocycles. The number of fused-ring (bicyclic) bond motifs is 1. The van der Waals surface area contributed by atoms with Gasteiger partial charge in [0.05, 0.1) is 0 Å². The molecule has 1 heterocycles. The van der Waals surface area contributed by atoms with E-state index >= 15 is 0 Å². The van der Waals surface area contributed by atoms with Crippen LogP contribution in [0.1, 0.15) is 38.2 Å². The average Bonchev–Trinajstić information content (AvgIpc) is 2.92. The van der Waals surface area contributed by atoms with E-state index in [1.54, 1.807) is 0 Å². The van der Waals surface area contributed by atoms with Gasteiger partial charge in [-0.2, -0.15) is 0 Å². The molecule has 0 spiro atoms. The zero-order chi connectivity index (χ0) is 14.8. The molecule has 1 aliphatic heterocycles. The van der Waals surface area contributed by atoms with Gasteiger partial charge in [0.25, 0.3) is 5.91 Å². The normalized spacial score (nSPS) is 13.0. The van der Waals surface area contributed by atoms with E-state index in [4.69, 9.17) is 0 Å². The fourth-order valence-electron chi connectivity index (χ4n) is 2.80. The van der Waals surface area contributed by atoms with Crippen LogP contribution in [0.2, 0.25) is 0 Å². The highest BCUT2D eigenvalue weighted by molar-refractivity contribution is 5.95. The molecule has 3 rings (SSSR count). The molecule has 2 aromatic carbocycles. The van der Waals surface area contributed by atoms with E-state index in [-0.39, 0.29) is 5.91 Å². The number of aryl methyl sites for hydroxylation is 2. The van der Waals surface area contributed by atoms with Crippen molar-refractivity contribution in [3.05, 3.63) is 69.8 Å². The van der Waals surface area contributed by atoms with Crippen molar-refractivity contribution in [1.82, 2.24) is 10.6 Å². The topological polar surface area (TPSA) is 41.1 Å². The highest BCUT2D eigenvalue weighted by Crippen LogP contribution is 2.17. The van der Waals surface area contributed by atoms with E-state index in [1.807, 2.05) is 32.0 Å². The Kier molecular flexibility index (Phi) is 3.76. The lowest BCUT2D eigenvalue weighted by Crippen LogP contribution is -2.23. The lowest BCUT2D eigenvalue weighted by atomic mass is 10.0. The summed E-state index contributed by atoms with van der Waals surface area (Å²) in [4.78, 5) is 12.3. The molecular weight excluding hydrogens is 260 g/mol. The lowest BCUT2D eigenvalue weighted by molar-refractivity contribution is 0.0950. The first-order valence-electron chi connectivity index (χ1n) is 7.30.